The van der Waals surface area contributed by atoms with Crippen molar-refractivity contribution >= 4 is 29.3 Å². The number of likely N-dealkylation sites (tertiary alicyclic amines) is 1. The number of aliphatic hydroxyl groups excluding tert-OH is 2. The molecular formula is C45H62N4O11. The molecule has 0 radical (unpaired) electrons. The average Bonchev–Trinajstić information content (AvgIpc) is 3.58. The summed E-state index contributed by atoms with van der Waals surface area (Å²) in [5, 5.41) is 40.8. The molecule has 8 atom stereocenters. The lowest BCUT2D eigenvalue weighted by atomic mass is 9.78. The number of rotatable bonds is 5. The van der Waals surface area contributed by atoms with Gasteiger partial charge in [-0.05, 0) is 25.8 Å². The van der Waals surface area contributed by atoms with Gasteiger partial charge in [0, 0.05) is 86.9 Å². The Bertz CT molecular complexity index is 2010. The van der Waals surface area contributed by atoms with Gasteiger partial charge in [0.1, 0.15) is 34.5 Å². The predicted molar refractivity (Wildman–Crippen MR) is 224 cm³/mol. The van der Waals surface area contributed by atoms with Crippen LogP contribution in [0.2, 0.25) is 0 Å². The van der Waals surface area contributed by atoms with Crippen molar-refractivity contribution in [3.05, 3.63) is 69.8 Å². The number of benzene rings is 1. The molecule has 5 N–H and O–H groups in total. The molecule has 15 heteroatoms. The number of phenols is 1. The summed E-state index contributed by atoms with van der Waals surface area (Å²) in [6, 6.07) is 0. The third-order valence-electron chi connectivity index (χ3n) is 12.3. The summed E-state index contributed by atoms with van der Waals surface area (Å²) in [7, 11) is 2.78. The van der Waals surface area contributed by atoms with E-state index in [2.05, 4.69) is 29.4 Å². The quantitative estimate of drug-likeness (QED) is 0.260. The van der Waals surface area contributed by atoms with Crippen molar-refractivity contribution in [1.82, 2.24) is 15.5 Å². The SMILES string of the molecule is COc1c(C)c(O)c2c3c1C(=O)O/C=C/[C@H](OC)[C@@H](C)[C@@H](OC(C)=O)[C@H](C)[C@H](O)[C@H](C)[C@@H](O)[C@@H](C)/C=C/C=C(/C)C(=O)NC(=C1NC4(CCN(CC(C)C)CC4)N=C13)C2=O. The number of carbonyl (C=O) groups excluding carboxylic acids is 4. The molecule has 3 aliphatic heterocycles. The predicted octanol–water partition coefficient (Wildman–Crippen LogP) is 4.47. The monoisotopic (exact) mass is 834 g/mol. The van der Waals surface area contributed by atoms with E-state index in [4.69, 9.17) is 23.9 Å². The van der Waals surface area contributed by atoms with Crippen LogP contribution in [0.25, 0.3) is 0 Å². The van der Waals surface area contributed by atoms with Crippen LogP contribution in [-0.4, -0.2) is 113 Å². The molecule has 1 spiro atoms. The number of cyclic esters (lactones) is 1. The van der Waals surface area contributed by atoms with E-state index in [-0.39, 0.29) is 50.7 Å². The minimum atomic E-state index is -1.13. The molecule has 3 heterocycles. The number of ketones is 1. The number of fused-ring (bicyclic) bond motifs is 2. The fourth-order valence-corrected chi connectivity index (χ4v) is 8.82. The van der Waals surface area contributed by atoms with E-state index < -0.39 is 83.1 Å². The Hall–Kier alpha value is -4.83. The van der Waals surface area contributed by atoms with Gasteiger partial charge in [-0.2, -0.15) is 0 Å². The van der Waals surface area contributed by atoms with Gasteiger partial charge < -0.3 is 49.8 Å². The second-order valence-corrected chi connectivity index (χ2v) is 17.1. The Morgan fingerprint density at radius 1 is 0.967 bits per heavy atom. The normalized spacial score (nSPS) is 31.1. The fourth-order valence-electron chi connectivity index (χ4n) is 8.82. The van der Waals surface area contributed by atoms with Crippen LogP contribution >= 0.6 is 0 Å². The van der Waals surface area contributed by atoms with E-state index in [0.717, 1.165) is 12.8 Å². The number of methoxy groups -OCH3 is 2. The number of Topliss-reactive ketones (excluding diaryl/α,β-unsaturated/α-hetero) is 1. The zero-order valence-corrected chi connectivity index (χ0v) is 36.6. The number of aliphatic hydroxyl groups is 2. The highest BCUT2D eigenvalue weighted by Gasteiger charge is 2.49. The molecule has 60 heavy (non-hydrogen) atoms. The van der Waals surface area contributed by atoms with Crippen molar-refractivity contribution < 1.29 is 53.4 Å². The molecule has 0 aromatic heterocycles. The molecule has 0 saturated carbocycles. The van der Waals surface area contributed by atoms with Crippen LogP contribution in [0.3, 0.4) is 0 Å². The van der Waals surface area contributed by atoms with Crippen molar-refractivity contribution in [2.24, 2.45) is 34.6 Å². The van der Waals surface area contributed by atoms with E-state index in [1.165, 1.54) is 34.1 Å². The lowest BCUT2D eigenvalue weighted by Gasteiger charge is -2.38. The molecule has 1 fully saturated rings. The molecule has 1 amide bonds. The van der Waals surface area contributed by atoms with Crippen molar-refractivity contribution in [2.75, 3.05) is 33.9 Å². The van der Waals surface area contributed by atoms with Gasteiger partial charge in [0.15, 0.2) is 0 Å². The second-order valence-electron chi connectivity index (χ2n) is 17.1. The van der Waals surface area contributed by atoms with Crippen LogP contribution in [0, 0.1) is 36.5 Å². The number of esters is 2. The number of phenolic OH excluding ortho intramolecular Hbond substituents is 1. The zero-order chi connectivity index (χ0) is 44.4. The molecule has 1 aliphatic carbocycles. The summed E-state index contributed by atoms with van der Waals surface area (Å²) in [5.74, 6) is -5.32. The number of allylic oxidation sites excluding steroid dienone is 4. The number of amides is 1. The third kappa shape index (κ3) is 9.24. The number of carbonyl (C=O) groups is 4. The standard InChI is InChI=1S/C45H62N4O11/c1-22(2)21-49-18-16-45(17-19-49)47-34-31-32-39(53)28(8)42(58-11)33(31)44(56)59-20-15-30(57-10)25(5)41(60-29(9)50)27(7)38(52)26(6)37(51)23(3)13-12-14-24(4)43(55)46-36(40(32)54)35(34)48-45/h12-15,20,22-23,25-27,30,37-38,41,48,51-53H,16-19,21H2,1-11H3,(H,46,55)/b13-12+,20-15+,24-14-/t23-,25+,26+,27+,30-,37-,38+,41+/m0/s1. The fraction of sp³-hybridized carbons (Fsp3) is 0.578. The van der Waals surface area contributed by atoms with Crippen LogP contribution in [0.1, 0.15) is 100 Å². The molecule has 5 rings (SSSR count). The Morgan fingerprint density at radius 2 is 1.63 bits per heavy atom. The number of nitrogens with zero attached hydrogens (tertiary/aromatic N) is 2. The van der Waals surface area contributed by atoms with Crippen LogP contribution in [-0.2, 0) is 23.8 Å². The average molecular weight is 835 g/mol. The highest BCUT2D eigenvalue weighted by Crippen LogP contribution is 2.46. The first-order valence-corrected chi connectivity index (χ1v) is 20.7. The summed E-state index contributed by atoms with van der Waals surface area (Å²) in [4.78, 5) is 62.8. The van der Waals surface area contributed by atoms with Gasteiger partial charge in [0.05, 0.1) is 48.7 Å². The number of aromatic hydroxyl groups is 1. The summed E-state index contributed by atoms with van der Waals surface area (Å²) in [6.45, 7) is 17.9. The second kappa shape index (κ2) is 18.8. The highest BCUT2D eigenvalue weighted by molar-refractivity contribution is 6.33. The van der Waals surface area contributed by atoms with Crippen LogP contribution in [0.5, 0.6) is 11.5 Å². The minimum Gasteiger partial charge on any atom is -0.507 e. The maximum Gasteiger partial charge on any atom is 0.347 e. The zero-order valence-electron chi connectivity index (χ0n) is 36.6. The largest absolute Gasteiger partial charge is 0.507 e. The molecule has 1 aromatic rings. The summed E-state index contributed by atoms with van der Waals surface area (Å²) < 4.78 is 23.0. The van der Waals surface area contributed by atoms with Gasteiger partial charge in [-0.3, -0.25) is 19.4 Å². The molecule has 15 nitrogen and oxygen atoms in total. The Kier molecular flexibility index (Phi) is 14.5. The van der Waals surface area contributed by atoms with Crippen LogP contribution in [0.4, 0.5) is 0 Å². The van der Waals surface area contributed by atoms with Crippen molar-refractivity contribution in [2.45, 2.75) is 105 Å². The van der Waals surface area contributed by atoms with Gasteiger partial charge in [-0.1, -0.05) is 59.8 Å². The molecular weight excluding hydrogens is 773 g/mol. The van der Waals surface area contributed by atoms with E-state index in [1.54, 1.807) is 52.8 Å². The maximum atomic E-state index is 14.7. The number of aliphatic imine (C=N–C) groups is 1. The van der Waals surface area contributed by atoms with E-state index in [1.807, 2.05) is 0 Å². The lowest BCUT2D eigenvalue weighted by Crippen LogP contribution is -2.50. The number of hydrogen-bond acceptors (Lipinski definition) is 14. The number of ether oxygens (including phenoxy) is 4. The summed E-state index contributed by atoms with van der Waals surface area (Å²) in [6.07, 6.45) is 4.72. The van der Waals surface area contributed by atoms with Crippen molar-refractivity contribution in [3.63, 3.8) is 0 Å². The summed E-state index contributed by atoms with van der Waals surface area (Å²) >= 11 is 0. The van der Waals surface area contributed by atoms with Crippen molar-refractivity contribution in [1.29, 1.82) is 0 Å². The Balaban J connectivity index is 1.70. The van der Waals surface area contributed by atoms with Crippen LogP contribution < -0.4 is 15.4 Å². The third-order valence-corrected chi connectivity index (χ3v) is 12.3. The Labute approximate surface area is 352 Å². The Morgan fingerprint density at radius 3 is 2.23 bits per heavy atom. The van der Waals surface area contributed by atoms with Crippen LogP contribution in [0.15, 0.2) is 52.5 Å². The minimum absolute atomic E-state index is 0.00461. The smallest absolute Gasteiger partial charge is 0.347 e. The van der Waals surface area contributed by atoms with E-state index in [0.29, 0.717) is 31.8 Å². The summed E-state index contributed by atoms with van der Waals surface area (Å²) in [5.41, 5.74) is -0.696. The van der Waals surface area contributed by atoms with E-state index >= 15 is 0 Å². The maximum absolute atomic E-state index is 14.7. The molecule has 4 bridgehead atoms. The molecule has 1 saturated heterocycles. The van der Waals surface area contributed by atoms with Gasteiger partial charge in [0.2, 0.25) is 5.78 Å². The molecule has 4 aliphatic rings. The van der Waals surface area contributed by atoms with Gasteiger partial charge >= 0.3 is 11.9 Å². The van der Waals surface area contributed by atoms with E-state index in [9.17, 15) is 34.5 Å². The molecule has 328 valence electrons. The first-order chi connectivity index (χ1) is 28.3. The lowest BCUT2D eigenvalue weighted by molar-refractivity contribution is -0.160. The first kappa shape index (κ1) is 46.2. The van der Waals surface area contributed by atoms with Gasteiger partial charge in [-0.15, -0.1) is 0 Å². The van der Waals surface area contributed by atoms with Crippen molar-refractivity contribution in [3.8, 4) is 11.5 Å². The topological polar surface area (TPSA) is 206 Å². The number of hydrogen-bond donors (Lipinski definition) is 5. The highest BCUT2D eigenvalue weighted by atomic mass is 16.5. The number of piperidine rings is 1. The molecule has 1 aromatic carbocycles. The number of nitrogens with one attached hydrogen (secondary N) is 2. The van der Waals surface area contributed by atoms with Gasteiger partial charge in [0.25, 0.3) is 5.91 Å². The molecule has 0 unspecified atom stereocenters. The first-order valence-electron chi connectivity index (χ1n) is 20.7. The van der Waals surface area contributed by atoms with Gasteiger partial charge in [-0.25, -0.2) is 4.79 Å².